The average molecular weight is 357 g/mol. The number of hydrogen-bond donors (Lipinski definition) is 2. The Balaban J connectivity index is 1.71. The van der Waals surface area contributed by atoms with E-state index < -0.39 is 0 Å². The number of carbonyl (C=O) groups is 1. The van der Waals surface area contributed by atoms with Gasteiger partial charge >= 0.3 is 0 Å². The molecule has 0 atom stereocenters. The van der Waals surface area contributed by atoms with Crippen molar-refractivity contribution in [1.82, 2.24) is 9.97 Å². The van der Waals surface area contributed by atoms with Crippen molar-refractivity contribution in [1.29, 1.82) is 5.26 Å². The third-order valence-corrected chi connectivity index (χ3v) is 3.90. The lowest BCUT2D eigenvalue weighted by Crippen LogP contribution is -2.15. The summed E-state index contributed by atoms with van der Waals surface area (Å²) in [5, 5.41) is 14.9. The first-order valence-electron chi connectivity index (χ1n) is 8.50. The predicted octanol–water partition coefficient (Wildman–Crippen LogP) is 3.83. The highest BCUT2D eigenvalue weighted by Crippen LogP contribution is 2.13. The van der Waals surface area contributed by atoms with E-state index in [-0.39, 0.29) is 11.6 Å². The molecule has 0 aliphatic rings. The second kappa shape index (κ2) is 8.11. The van der Waals surface area contributed by atoms with E-state index in [1.807, 2.05) is 31.2 Å². The lowest BCUT2D eigenvalue weighted by molar-refractivity contribution is 0.102. The number of carbonyl (C=O) groups excluding carboxylic acids is 1. The Morgan fingerprint density at radius 2 is 1.85 bits per heavy atom. The Morgan fingerprint density at radius 1 is 1.07 bits per heavy atom. The van der Waals surface area contributed by atoms with Crippen LogP contribution in [0.3, 0.4) is 0 Å². The summed E-state index contributed by atoms with van der Waals surface area (Å²) in [5.74, 6) is 0.770. The minimum absolute atomic E-state index is 0.276. The maximum atomic E-state index is 12.5. The molecule has 0 spiro atoms. The fraction of sp³-hybridized carbons (Fsp3) is 0.143. The molecule has 134 valence electrons. The van der Waals surface area contributed by atoms with Crippen LogP contribution in [0.15, 0.2) is 54.6 Å². The topological polar surface area (TPSA) is 90.7 Å². The maximum Gasteiger partial charge on any atom is 0.274 e. The molecule has 0 radical (unpaired) electrons. The molecule has 2 aromatic carbocycles. The van der Waals surface area contributed by atoms with Gasteiger partial charge in [0.25, 0.3) is 5.91 Å². The summed E-state index contributed by atoms with van der Waals surface area (Å²) in [6.07, 6.45) is 0. The molecule has 0 aliphatic carbocycles. The van der Waals surface area contributed by atoms with Crippen LogP contribution in [0.25, 0.3) is 0 Å². The monoisotopic (exact) mass is 357 g/mol. The van der Waals surface area contributed by atoms with Gasteiger partial charge in [-0.15, -0.1) is 0 Å². The Labute approximate surface area is 157 Å². The average Bonchev–Trinajstić information content (AvgIpc) is 2.66. The van der Waals surface area contributed by atoms with Crippen LogP contribution in [0.1, 0.15) is 33.0 Å². The largest absolute Gasteiger partial charge is 0.366 e. The summed E-state index contributed by atoms with van der Waals surface area (Å²) >= 11 is 0. The van der Waals surface area contributed by atoms with Crippen molar-refractivity contribution in [3.63, 3.8) is 0 Å². The van der Waals surface area contributed by atoms with E-state index in [1.165, 1.54) is 5.56 Å². The van der Waals surface area contributed by atoms with Gasteiger partial charge in [0.1, 0.15) is 17.3 Å². The van der Waals surface area contributed by atoms with Crippen molar-refractivity contribution in [2.45, 2.75) is 20.4 Å². The van der Waals surface area contributed by atoms with Gasteiger partial charge < -0.3 is 10.6 Å². The van der Waals surface area contributed by atoms with Crippen molar-refractivity contribution < 1.29 is 4.79 Å². The summed E-state index contributed by atoms with van der Waals surface area (Å²) in [5.41, 5.74) is 3.74. The number of rotatable bonds is 5. The van der Waals surface area contributed by atoms with Gasteiger partial charge in [-0.2, -0.15) is 5.26 Å². The molecular formula is C21H19N5O. The highest BCUT2D eigenvalue weighted by molar-refractivity contribution is 6.03. The molecule has 27 heavy (non-hydrogen) atoms. The number of aryl methyl sites for hydroxylation is 2. The third-order valence-electron chi connectivity index (χ3n) is 3.90. The molecule has 1 amide bonds. The third kappa shape index (κ3) is 4.89. The van der Waals surface area contributed by atoms with Crippen LogP contribution in [0.5, 0.6) is 0 Å². The highest BCUT2D eigenvalue weighted by Gasteiger charge is 2.11. The van der Waals surface area contributed by atoms with Crippen LogP contribution in [0.2, 0.25) is 0 Å². The lowest BCUT2D eigenvalue weighted by Gasteiger charge is -2.10. The van der Waals surface area contributed by atoms with Crippen LogP contribution >= 0.6 is 0 Å². The summed E-state index contributed by atoms with van der Waals surface area (Å²) < 4.78 is 0. The van der Waals surface area contributed by atoms with Crippen LogP contribution in [0, 0.1) is 25.2 Å². The SMILES string of the molecule is Cc1cccc(CNc2cc(C(=O)Nc3ccc(C#N)cc3)nc(C)n2)c1. The Morgan fingerprint density at radius 3 is 2.56 bits per heavy atom. The number of anilines is 2. The molecule has 3 aromatic rings. The normalized spacial score (nSPS) is 10.1. The predicted molar refractivity (Wildman–Crippen MR) is 104 cm³/mol. The van der Waals surface area contributed by atoms with Gasteiger partial charge in [0, 0.05) is 18.3 Å². The van der Waals surface area contributed by atoms with Crippen molar-refractivity contribution in [3.8, 4) is 6.07 Å². The number of benzene rings is 2. The molecule has 0 unspecified atom stereocenters. The number of nitriles is 1. The van der Waals surface area contributed by atoms with Crippen LogP contribution in [-0.4, -0.2) is 15.9 Å². The Hall–Kier alpha value is -3.72. The Bertz CT molecular complexity index is 1010. The second-order valence-electron chi connectivity index (χ2n) is 6.17. The summed E-state index contributed by atoms with van der Waals surface area (Å²) in [6, 6.07) is 18.5. The molecule has 6 heteroatoms. The van der Waals surface area contributed by atoms with Gasteiger partial charge in [-0.05, 0) is 43.7 Å². The number of nitrogens with one attached hydrogen (secondary N) is 2. The Kier molecular flexibility index (Phi) is 5.43. The quantitative estimate of drug-likeness (QED) is 0.724. The fourth-order valence-electron chi connectivity index (χ4n) is 2.61. The number of hydrogen-bond acceptors (Lipinski definition) is 5. The summed E-state index contributed by atoms with van der Waals surface area (Å²) in [6.45, 7) is 4.40. The maximum absolute atomic E-state index is 12.5. The molecule has 6 nitrogen and oxygen atoms in total. The molecule has 0 saturated heterocycles. The molecule has 0 bridgehead atoms. The standard InChI is InChI=1S/C21H19N5O/c1-14-4-3-5-17(10-14)13-23-20-11-19(24-15(2)25-20)21(27)26-18-8-6-16(12-22)7-9-18/h3-11H,13H2,1-2H3,(H,26,27)(H,23,24,25). The van der Waals surface area contributed by atoms with Crippen molar-refractivity contribution >= 4 is 17.4 Å². The van der Waals surface area contributed by atoms with Gasteiger partial charge in [-0.25, -0.2) is 9.97 Å². The summed E-state index contributed by atoms with van der Waals surface area (Å²) in [4.78, 5) is 21.1. The van der Waals surface area contributed by atoms with Crippen molar-refractivity contribution in [3.05, 3.63) is 82.8 Å². The van der Waals surface area contributed by atoms with Gasteiger partial charge in [0.15, 0.2) is 0 Å². The number of aromatic nitrogens is 2. The van der Waals surface area contributed by atoms with E-state index >= 15 is 0 Å². The van der Waals surface area contributed by atoms with E-state index in [4.69, 9.17) is 5.26 Å². The van der Waals surface area contributed by atoms with Gasteiger partial charge in [-0.1, -0.05) is 29.8 Å². The van der Waals surface area contributed by atoms with E-state index in [0.29, 0.717) is 29.4 Å². The first-order chi connectivity index (χ1) is 13.0. The fourth-order valence-corrected chi connectivity index (χ4v) is 2.61. The lowest BCUT2D eigenvalue weighted by atomic mass is 10.1. The van der Waals surface area contributed by atoms with E-state index in [9.17, 15) is 4.79 Å². The van der Waals surface area contributed by atoms with Crippen molar-refractivity contribution in [2.75, 3.05) is 10.6 Å². The zero-order valence-electron chi connectivity index (χ0n) is 15.2. The molecular weight excluding hydrogens is 338 g/mol. The number of nitrogens with zero attached hydrogens (tertiary/aromatic N) is 3. The van der Waals surface area contributed by atoms with Gasteiger partial charge in [-0.3, -0.25) is 4.79 Å². The molecule has 0 saturated carbocycles. The molecule has 3 rings (SSSR count). The van der Waals surface area contributed by atoms with Crippen LogP contribution in [0.4, 0.5) is 11.5 Å². The summed E-state index contributed by atoms with van der Waals surface area (Å²) in [7, 11) is 0. The highest BCUT2D eigenvalue weighted by atomic mass is 16.1. The minimum Gasteiger partial charge on any atom is -0.366 e. The van der Waals surface area contributed by atoms with Crippen LogP contribution in [-0.2, 0) is 6.54 Å². The second-order valence-corrected chi connectivity index (χ2v) is 6.17. The molecule has 0 fully saturated rings. The smallest absolute Gasteiger partial charge is 0.274 e. The first-order valence-corrected chi connectivity index (χ1v) is 8.50. The van der Waals surface area contributed by atoms with Gasteiger partial charge in [0.05, 0.1) is 11.6 Å². The van der Waals surface area contributed by atoms with Gasteiger partial charge in [0.2, 0.25) is 0 Å². The molecule has 1 heterocycles. The van der Waals surface area contributed by atoms with Crippen molar-refractivity contribution in [2.24, 2.45) is 0 Å². The van der Waals surface area contributed by atoms with E-state index in [1.54, 1.807) is 37.3 Å². The zero-order chi connectivity index (χ0) is 19.2. The first kappa shape index (κ1) is 18.1. The molecule has 1 aromatic heterocycles. The van der Waals surface area contributed by atoms with E-state index in [0.717, 1.165) is 5.56 Å². The number of amides is 1. The zero-order valence-corrected chi connectivity index (χ0v) is 15.2. The minimum atomic E-state index is -0.330. The molecule has 2 N–H and O–H groups in total. The van der Waals surface area contributed by atoms with E-state index in [2.05, 4.69) is 26.7 Å². The van der Waals surface area contributed by atoms with Crippen LogP contribution < -0.4 is 10.6 Å². The molecule has 0 aliphatic heterocycles.